The zero-order valence-electron chi connectivity index (χ0n) is 13.0. The molecule has 126 valence electrons. The maximum absolute atomic E-state index is 12.8. The Kier molecular flexibility index (Phi) is 3.31. The lowest BCUT2D eigenvalue weighted by Gasteiger charge is -2.21. The summed E-state index contributed by atoms with van der Waals surface area (Å²) < 4.78 is 15.5. The first-order valence-electron chi connectivity index (χ1n) is 7.39. The molecule has 0 saturated carbocycles. The highest BCUT2D eigenvalue weighted by atomic mass is 16.5. The number of Topliss-reactive ketones (excluding diaryl/α,β-unsaturated/α-hetero) is 1. The number of carbonyl (C=O) groups is 2. The molecule has 1 atom stereocenters. The molecule has 4 rings (SSSR count). The van der Waals surface area contributed by atoms with E-state index in [1.165, 1.54) is 24.7 Å². The minimum absolute atomic E-state index is 0.00379. The van der Waals surface area contributed by atoms with Crippen LogP contribution in [-0.2, 0) is 4.79 Å². The largest absolute Gasteiger partial charge is 0.503 e. The summed E-state index contributed by atoms with van der Waals surface area (Å²) in [4.78, 5) is 26.5. The van der Waals surface area contributed by atoms with E-state index in [0.717, 1.165) is 4.90 Å². The maximum Gasteiger partial charge on any atom is 0.295 e. The highest BCUT2D eigenvalue weighted by Crippen LogP contribution is 2.41. The van der Waals surface area contributed by atoms with Gasteiger partial charge in [0.2, 0.25) is 5.78 Å². The highest BCUT2D eigenvalue weighted by Gasteiger charge is 2.47. The smallest absolute Gasteiger partial charge is 0.295 e. The zero-order chi connectivity index (χ0) is 17.6. The van der Waals surface area contributed by atoms with E-state index in [2.05, 4.69) is 5.16 Å². The number of hydrogen-bond donors (Lipinski definition) is 1. The summed E-state index contributed by atoms with van der Waals surface area (Å²) >= 11 is 0. The van der Waals surface area contributed by atoms with E-state index in [-0.39, 0.29) is 17.2 Å². The molecule has 0 unspecified atom stereocenters. The molecule has 4 heterocycles. The van der Waals surface area contributed by atoms with E-state index in [1.54, 1.807) is 25.1 Å². The summed E-state index contributed by atoms with van der Waals surface area (Å²) in [6, 6.07) is 6.77. The average Bonchev–Trinajstić information content (AvgIpc) is 3.36. The topological polar surface area (TPSA) is 110 Å². The first kappa shape index (κ1) is 15.0. The molecular weight excluding hydrogens is 328 g/mol. The average molecular weight is 340 g/mol. The number of nitrogens with zero attached hydrogens (tertiary/aromatic N) is 2. The van der Waals surface area contributed by atoms with Crippen LogP contribution in [0.1, 0.15) is 28.1 Å². The molecule has 1 amide bonds. The second-order valence-electron chi connectivity index (χ2n) is 5.46. The van der Waals surface area contributed by atoms with Gasteiger partial charge in [-0.05, 0) is 31.2 Å². The Morgan fingerprint density at radius 2 is 2.00 bits per heavy atom. The number of ketones is 1. The van der Waals surface area contributed by atoms with Gasteiger partial charge >= 0.3 is 0 Å². The van der Waals surface area contributed by atoms with Crippen molar-refractivity contribution in [3.63, 3.8) is 0 Å². The number of aliphatic hydroxyl groups excluding tert-OH is 1. The number of aryl methyl sites for hydroxylation is 1. The van der Waals surface area contributed by atoms with E-state index >= 15 is 0 Å². The van der Waals surface area contributed by atoms with E-state index in [1.807, 2.05) is 0 Å². The van der Waals surface area contributed by atoms with Gasteiger partial charge in [-0.2, -0.15) is 0 Å². The Hall–Kier alpha value is -3.55. The molecule has 0 spiro atoms. The summed E-state index contributed by atoms with van der Waals surface area (Å²) in [6.07, 6.45) is 2.75. The Labute approximate surface area is 140 Å². The van der Waals surface area contributed by atoms with Crippen molar-refractivity contribution >= 4 is 17.5 Å². The Morgan fingerprint density at radius 1 is 1.24 bits per heavy atom. The maximum atomic E-state index is 12.8. The van der Waals surface area contributed by atoms with Crippen LogP contribution in [0.2, 0.25) is 0 Å². The number of rotatable bonds is 4. The molecule has 0 bridgehead atoms. The number of anilines is 1. The second-order valence-corrected chi connectivity index (χ2v) is 5.46. The summed E-state index contributed by atoms with van der Waals surface area (Å²) in [5.41, 5.74) is -0.143. The van der Waals surface area contributed by atoms with E-state index in [9.17, 15) is 14.7 Å². The number of aromatic nitrogens is 1. The molecule has 0 aliphatic carbocycles. The molecular formula is C17H12N2O6. The number of aliphatic hydroxyl groups is 1. The molecule has 8 heteroatoms. The van der Waals surface area contributed by atoms with Gasteiger partial charge in [-0.15, -0.1) is 0 Å². The van der Waals surface area contributed by atoms with E-state index in [4.69, 9.17) is 13.4 Å². The minimum atomic E-state index is -0.982. The van der Waals surface area contributed by atoms with Gasteiger partial charge in [0.15, 0.2) is 17.3 Å². The zero-order valence-corrected chi connectivity index (χ0v) is 13.0. The van der Waals surface area contributed by atoms with E-state index < -0.39 is 23.5 Å². The Balaban J connectivity index is 1.86. The van der Waals surface area contributed by atoms with Crippen LogP contribution in [0, 0.1) is 6.92 Å². The number of amides is 1. The summed E-state index contributed by atoms with van der Waals surface area (Å²) in [7, 11) is 0. The van der Waals surface area contributed by atoms with Gasteiger partial charge in [-0.3, -0.25) is 14.5 Å². The predicted molar refractivity (Wildman–Crippen MR) is 82.9 cm³/mol. The third kappa shape index (κ3) is 2.26. The van der Waals surface area contributed by atoms with Crippen LogP contribution in [0.5, 0.6) is 0 Å². The molecule has 1 aliphatic rings. The number of carbonyl (C=O) groups excluding carboxylic acids is 2. The van der Waals surface area contributed by atoms with Crippen molar-refractivity contribution in [3.8, 4) is 0 Å². The van der Waals surface area contributed by atoms with Crippen molar-refractivity contribution in [2.75, 3.05) is 4.90 Å². The lowest BCUT2D eigenvalue weighted by atomic mass is 10.00. The monoisotopic (exact) mass is 340 g/mol. The Morgan fingerprint density at radius 3 is 2.60 bits per heavy atom. The van der Waals surface area contributed by atoms with Crippen LogP contribution in [-0.4, -0.2) is 22.0 Å². The fourth-order valence-electron chi connectivity index (χ4n) is 2.80. The van der Waals surface area contributed by atoms with Gasteiger partial charge < -0.3 is 18.5 Å². The van der Waals surface area contributed by atoms with Crippen LogP contribution in [0.25, 0.3) is 0 Å². The van der Waals surface area contributed by atoms with Crippen molar-refractivity contribution in [3.05, 3.63) is 71.5 Å². The SMILES string of the molecule is Cc1cc(N2C(=O)C(O)=C(C(=O)c3ccco3)[C@@H]2c2ccco2)no1. The molecule has 0 radical (unpaired) electrons. The standard InChI is InChI=1S/C17H12N2O6/c1-9-8-12(18-25-9)19-14(10-4-2-6-23-10)13(16(21)17(19)22)15(20)11-5-3-7-24-11/h2-8,14,21H,1H3/t14-/m0/s1. The molecule has 0 saturated heterocycles. The van der Waals surface area contributed by atoms with Crippen LogP contribution < -0.4 is 4.90 Å². The second kappa shape index (κ2) is 5.52. The summed E-state index contributed by atoms with van der Waals surface area (Å²) in [5, 5.41) is 14.2. The fourth-order valence-corrected chi connectivity index (χ4v) is 2.80. The molecule has 8 nitrogen and oxygen atoms in total. The lowest BCUT2D eigenvalue weighted by molar-refractivity contribution is -0.117. The van der Waals surface area contributed by atoms with Crippen LogP contribution in [0.4, 0.5) is 5.82 Å². The molecule has 3 aromatic rings. The van der Waals surface area contributed by atoms with Gasteiger partial charge in [0, 0.05) is 6.07 Å². The minimum Gasteiger partial charge on any atom is -0.503 e. The molecule has 0 fully saturated rings. The predicted octanol–water partition coefficient (Wildman–Crippen LogP) is 2.95. The van der Waals surface area contributed by atoms with Crippen LogP contribution in [0.15, 0.2) is 67.5 Å². The first-order chi connectivity index (χ1) is 12.1. The van der Waals surface area contributed by atoms with Gasteiger partial charge in [0.05, 0.1) is 18.1 Å². The molecule has 0 aromatic carbocycles. The number of hydrogen-bond acceptors (Lipinski definition) is 7. The van der Waals surface area contributed by atoms with Gasteiger partial charge in [0.25, 0.3) is 5.91 Å². The lowest BCUT2D eigenvalue weighted by Crippen LogP contribution is -2.31. The van der Waals surface area contributed by atoms with Gasteiger partial charge in [-0.1, -0.05) is 5.16 Å². The third-order valence-corrected chi connectivity index (χ3v) is 3.87. The van der Waals surface area contributed by atoms with Gasteiger partial charge in [-0.25, -0.2) is 0 Å². The molecule has 1 N–H and O–H groups in total. The quantitative estimate of drug-likeness (QED) is 0.727. The summed E-state index contributed by atoms with van der Waals surface area (Å²) in [6.45, 7) is 1.67. The van der Waals surface area contributed by atoms with Crippen molar-refractivity contribution < 1.29 is 28.1 Å². The van der Waals surface area contributed by atoms with Crippen molar-refractivity contribution in [2.45, 2.75) is 13.0 Å². The first-order valence-corrected chi connectivity index (χ1v) is 7.39. The van der Waals surface area contributed by atoms with E-state index in [0.29, 0.717) is 11.5 Å². The van der Waals surface area contributed by atoms with Gasteiger partial charge in [0.1, 0.15) is 17.6 Å². The van der Waals surface area contributed by atoms with Crippen LogP contribution >= 0.6 is 0 Å². The molecule has 25 heavy (non-hydrogen) atoms. The fraction of sp³-hybridized carbons (Fsp3) is 0.118. The van der Waals surface area contributed by atoms with Crippen molar-refractivity contribution in [2.24, 2.45) is 0 Å². The van der Waals surface area contributed by atoms with Crippen molar-refractivity contribution in [1.82, 2.24) is 5.16 Å². The highest BCUT2D eigenvalue weighted by molar-refractivity contribution is 6.19. The molecule has 1 aliphatic heterocycles. The van der Waals surface area contributed by atoms with Crippen molar-refractivity contribution in [1.29, 1.82) is 0 Å². The summed E-state index contributed by atoms with van der Waals surface area (Å²) in [5.74, 6) is -1.12. The number of furan rings is 2. The van der Waals surface area contributed by atoms with Crippen LogP contribution in [0.3, 0.4) is 0 Å². The Bertz CT molecular complexity index is 965. The molecule has 3 aromatic heterocycles. The third-order valence-electron chi connectivity index (χ3n) is 3.87. The normalized spacial score (nSPS) is 17.6.